The van der Waals surface area contributed by atoms with Crippen LogP contribution in [0.15, 0.2) is 12.2 Å². The Morgan fingerprint density at radius 2 is 2.20 bits per heavy atom. The van der Waals surface area contributed by atoms with Gasteiger partial charge in [0.2, 0.25) is 0 Å². The third kappa shape index (κ3) is 0.979. The van der Waals surface area contributed by atoms with Crippen LogP contribution in [0.2, 0.25) is 0 Å². The summed E-state index contributed by atoms with van der Waals surface area (Å²) < 4.78 is 13.5. The minimum Gasteiger partial charge on any atom is -0.239 e. The van der Waals surface area contributed by atoms with Crippen LogP contribution >= 0.6 is 0 Å². The fourth-order valence-electron chi connectivity index (χ4n) is 2.02. The predicted molar refractivity (Wildman–Crippen MR) is 39.6 cm³/mol. The van der Waals surface area contributed by atoms with Gasteiger partial charge in [0.15, 0.2) is 0 Å². The summed E-state index contributed by atoms with van der Waals surface area (Å²) in [6.07, 6.45) is 8.78. The van der Waals surface area contributed by atoms with E-state index in [0.29, 0.717) is 5.92 Å². The molecule has 56 valence electrons. The average molecular weight is 140 g/mol. The first-order valence-corrected chi connectivity index (χ1v) is 4.17. The molecule has 0 aliphatic heterocycles. The van der Waals surface area contributed by atoms with E-state index in [1.807, 2.05) is 0 Å². The van der Waals surface area contributed by atoms with Crippen LogP contribution in [0.5, 0.6) is 0 Å². The van der Waals surface area contributed by atoms with Crippen molar-refractivity contribution in [2.24, 2.45) is 5.92 Å². The molecular weight excluding hydrogens is 127 g/mol. The molecule has 0 spiro atoms. The molecule has 2 unspecified atom stereocenters. The minimum absolute atomic E-state index is 0.700. The Kier molecular flexibility index (Phi) is 1.33. The zero-order chi connectivity index (χ0) is 7.03. The Hall–Kier alpha value is -0.330. The summed E-state index contributed by atoms with van der Waals surface area (Å²) in [5, 5.41) is 0. The summed E-state index contributed by atoms with van der Waals surface area (Å²) in [6.45, 7) is 0. The Morgan fingerprint density at radius 3 is 2.90 bits per heavy atom. The van der Waals surface area contributed by atoms with Gasteiger partial charge in [-0.25, -0.2) is 4.39 Å². The normalized spacial score (nSPS) is 45.5. The highest BCUT2D eigenvalue weighted by Crippen LogP contribution is 2.39. The Bertz CT molecular complexity index is 158. The van der Waals surface area contributed by atoms with Crippen molar-refractivity contribution < 1.29 is 4.39 Å². The van der Waals surface area contributed by atoms with Gasteiger partial charge in [-0.2, -0.15) is 0 Å². The second-order valence-corrected chi connectivity index (χ2v) is 3.58. The number of rotatable bonds is 0. The second kappa shape index (κ2) is 2.08. The molecule has 10 heavy (non-hydrogen) atoms. The quantitative estimate of drug-likeness (QED) is 0.454. The number of fused-ring (bicyclic) bond motifs is 3. The van der Waals surface area contributed by atoms with E-state index in [1.54, 1.807) is 6.08 Å². The summed E-state index contributed by atoms with van der Waals surface area (Å²) >= 11 is 0. The maximum Gasteiger partial charge on any atom is 0.129 e. The molecule has 1 fully saturated rings. The summed E-state index contributed by atoms with van der Waals surface area (Å²) in [5.74, 6) is 0.700. The topological polar surface area (TPSA) is 0 Å². The van der Waals surface area contributed by atoms with Crippen molar-refractivity contribution in [3.63, 3.8) is 0 Å². The molecule has 0 aromatic heterocycles. The molecule has 2 atom stereocenters. The summed E-state index contributed by atoms with van der Waals surface area (Å²) in [7, 11) is 0. The highest BCUT2D eigenvalue weighted by molar-refractivity contribution is 5.10. The molecule has 0 saturated heterocycles. The van der Waals surface area contributed by atoms with Gasteiger partial charge in [-0.05, 0) is 38.0 Å². The first-order valence-electron chi connectivity index (χ1n) is 4.17. The van der Waals surface area contributed by atoms with E-state index < -0.39 is 5.67 Å². The van der Waals surface area contributed by atoms with Crippen LogP contribution < -0.4 is 0 Å². The molecule has 3 rings (SSSR count). The fraction of sp³-hybridized carbons (Fsp3) is 0.778. The molecule has 2 bridgehead atoms. The minimum atomic E-state index is -0.910. The zero-order valence-corrected chi connectivity index (χ0v) is 6.15. The van der Waals surface area contributed by atoms with Crippen molar-refractivity contribution in [3.8, 4) is 0 Å². The average Bonchev–Trinajstić information content (AvgIpc) is 2.19. The van der Waals surface area contributed by atoms with Crippen molar-refractivity contribution in [2.45, 2.75) is 37.8 Å². The van der Waals surface area contributed by atoms with Gasteiger partial charge in [-0.15, -0.1) is 0 Å². The van der Waals surface area contributed by atoms with Gasteiger partial charge in [0.25, 0.3) is 0 Å². The van der Waals surface area contributed by atoms with Gasteiger partial charge in [0.1, 0.15) is 5.67 Å². The number of halogens is 1. The van der Waals surface area contributed by atoms with Crippen molar-refractivity contribution in [1.82, 2.24) is 0 Å². The first kappa shape index (κ1) is 6.38. The number of hydrogen-bond acceptors (Lipinski definition) is 0. The molecule has 0 amide bonds. The molecule has 0 aromatic rings. The van der Waals surface area contributed by atoms with E-state index in [-0.39, 0.29) is 0 Å². The lowest BCUT2D eigenvalue weighted by Gasteiger charge is -2.22. The molecule has 0 radical (unpaired) electrons. The van der Waals surface area contributed by atoms with E-state index in [0.717, 1.165) is 25.7 Å². The van der Waals surface area contributed by atoms with Crippen LogP contribution in [0.4, 0.5) is 4.39 Å². The van der Waals surface area contributed by atoms with Crippen molar-refractivity contribution in [3.05, 3.63) is 12.2 Å². The van der Waals surface area contributed by atoms with Gasteiger partial charge in [0, 0.05) is 0 Å². The van der Waals surface area contributed by atoms with Crippen LogP contribution in [0, 0.1) is 5.92 Å². The van der Waals surface area contributed by atoms with Crippen molar-refractivity contribution in [1.29, 1.82) is 0 Å². The maximum absolute atomic E-state index is 13.5. The Morgan fingerprint density at radius 1 is 1.30 bits per heavy atom. The Balaban J connectivity index is 2.24. The van der Waals surface area contributed by atoms with Crippen molar-refractivity contribution in [2.75, 3.05) is 0 Å². The first-order chi connectivity index (χ1) is 4.79. The molecular formula is C9H13F. The van der Waals surface area contributed by atoms with Gasteiger partial charge in [-0.1, -0.05) is 12.2 Å². The molecule has 0 aromatic carbocycles. The lowest BCUT2D eigenvalue weighted by molar-refractivity contribution is 0.194. The molecule has 1 saturated carbocycles. The van der Waals surface area contributed by atoms with E-state index >= 15 is 0 Å². The van der Waals surface area contributed by atoms with E-state index in [2.05, 4.69) is 6.08 Å². The monoisotopic (exact) mass is 140 g/mol. The highest BCUT2D eigenvalue weighted by Gasteiger charge is 2.33. The summed E-state index contributed by atoms with van der Waals surface area (Å²) in [4.78, 5) is 0. The highest BCUT2D eigenvalue weighted by atomic mass is 19.1. The van der Waals surface area contributed by atoms with Gasteiger partial charge in [0.05, 0.1) is 0 Å². The van der Waals surface area contributed by atoms with E-state index in [1.165, 1.54) is 6.42 Å². The number of allylic oxidation sites excluding steroid dienone is 2. The van der Waals surface area contributed by atoms with Gasteiger partial charge < -0.3 is 0 Å². The van der Waals surface area contributed by atoms with Gasteiger partial charge in [-0.3, -0.25) is 0 Å². The maximum atomic E-state index is 13.5. The lowest BCUT2D eigenvalue weighted by Crippen LogP contribution is -2.20. The summed E-state index contributed by atoms with van der Waals surface area (Å²) in [6, 6.07) is 0. The van der Waals surface area contributed by atoms with Crippen molar-refractivity contribution >= 4 is 0 Å². The largest absolute Gasteiger partial charge is 0.239 e. The van der Waals surface area contributed by atoms with Crippen LogP contribution in [0.1, 0.15) is 32.1 Å². The fourth-order valence-corrected chi connectivity index (χ4v) is 2.02. The number of alkyl halides is 1. The predicted octanol–water partition coefficient (Wildman–Crippen LogP) is 2.84. The van der Waals surface area contributed by atoms with E-state index in [9.17, 15) is 4.39 Å². The van der Waals surface area contributed by atoms with E-state index in [4.69, 9.17) is 0 Å². The zero-order valence-electron chi connectivity index (χ0n) is 6.15. The lowest BCUT2D eigenvalue weighted by atomic mass is 9.89. The molecule has 0 nitrogen and oxygen atoms in total. The van der Waals surface area contributed by atoms with Crippen LogP contribution in [0.25, 0.3) is 0 Å². The number of hydrogen-bond donors (Lipinski definition) is 0. The Labute approximate surface area is 61.1 Å². The van der Waals surface area contributed by atoms with Crippen LogP contribution in [-0.2, 0) is 0 Å². The smallest absolute Gasteiger partial charge is 0.129 e. The molecule has 1 heteroatoms. The second-order valence-electron chi connectivity index (χ2n) is 3.58. The molecule has 3 aliphatic carbocycles. The summed E-state index contributed by atoms with van der Waals surface area (Å²) in [5.41, 5.74) is -0.910. The van der Waals surface area contributed by atoms with Crippen LogP contribution in [0.3, 0.4) is 0 Å². The SMILES string of the molecule is FC12C=CC(CCC1)CC2. The van der Waals surface area contributed by atoms with Crippen LogP contribution in [-0.4, -0.2) is 5.67 Å². The standard InChI is InChI=1S/C9H13F/c10-9-5-1-2-8(3-6-9)4-7-9/h3,6,8H,1-2,4-5,7H2. The molecule has 0 heterocycles. The third-order valence-electron chi connectivity index (χ3n) is 2.77. The third-order valence-corrected chi connectivity index (χ3v) is 2.77. The van der Waals surface area contributed by atoms with Gasteiger partial charge >= 0.3 is 0 Å². The molecule has 3 aliphatic rings. The molecule has 0 N–H and O–H groups in total.